The molecule has 0 atom stereocenters. The van der Waals surface area contributed by atoms with Crippen molar-refractivity contribution in [2.24, 2.45) is 0 Å². The SMILES string of the molecule is CCO[Si](CCCNC(=O)OCCCCOc1ccc2cc(C=CC(=O)OC)ccc2c1)(OCC)OCC. The van der Waals surface area contributed by atoms with Crippen molar-refractivity contribution < 1.29 is 37.1 Å². The molecule has 0 fully saturated rings. The molecule has 0 aliphatic carbocycles. The van der Waals surface area contributed by atoms with E-state index in [4.69, 9.17) is 22.8 Å². The molecular formula is C28H41NO8Si. The molecule has 38 heavy (non-hydrogen) atoms. The topological polar surface area (TPSA) is 102 Å². The number of fused-ring (bicyclic) bond motifs is 1. The quantitative estimate of drug-likeness (QED) is 0.115. The van der Waals surface area contributed by atoms with E-state index in [1.54, 1.807) is 6.08 Å². The maximum atomic E-state index is 12.0. The lowest BCUT2D eigenvalue weighted by Gasteiger charge is -2.28. The number of nitrogens with one attached hydrogen (secondary N) is 1. The molecule has 1 N–H and O–H groups in total. The number of esters is 1. The largest absolute Gasteiger partial charge is 0.500 e. The Labute approximate surface area is 226 Å². The fourth-order valence-corrected chi connectivity index (χ4v) is 6.39. The molecule has 0 unspecified atom stereocenters. The number of benzene rings is 2. The molecule has 0 aliphatic rings. The number of amides is 1. The zero-order valence-electron chi connectivity index (χ0n) is 23.0. The number of carbonyl (C=O) groups excluding carboxylic acids is 2. The van der Waals surface area contributed by atoms with E-state index in [0.29, 0.717) is 58.5 Å². The minimum atomic E-state index is -2.69. The first-order chi connectivity index (χ1) is 18.4. The van der Waals surface area contributed by atoms with Crippen LogP contribution in [0.1, 0.15) is 45.6 Å². The number of carbonyl (C=O) groups is 2. The van der Waals surface area contributed by atoms with E-state index >= 15 is 0 Å². The van der Waals surface area contributed by atoms with Crippen molar-refractivity contribution in [3.63, 3.8) is 0 Å². The number of ether oxygens (including phenoxy) is 3. The van der Waals surface area contributed by atoms with Crippen LogP contribution < -0.4 is 10.1 Å². The van der Waals surface area contributed by atoms with E-state index in [2.05, 4.69) is 10.1 Å². The zero-order chi connectivity index (χ0) is 27.6. The van der Waals surface area contributed by atoms with Crippen molar-refractivity contribution in [3.8, 4) is 5.75 Å². The van der Waals surface area contributed by atoms with Crippen molar-refractivity contribution in [1.29, 1.82) is 0 Å². The smallest absolute Gasteiger partial charge is 0.494 e. The van der Waals surface area contributed by atoms with Crippen LogP contribution >= 0.6 is 0 Å². The Morgan fingerprint density at radius 1 is 0.868 bits per heavy atom. The lowest BCUT2D eigenvalue weighted by Crippen LogP contribution is -2.46. The molecule has 0 bridgehead atoms. The number of hydrogen-bond acceptors (Lipinski definition) is 8. The van der Waals surface area contributed by atoms with E-state index in [-0.39, 0.29) is 5.97 Å². The molecule has 0 radical (unpaired) electrons. The third kappa shape index (κ3) is 11.2. The molecule has 1 amide bonds. The summed E-state index contributed by atoms with van der Waals surface area (Å²) in [4.78, 5) is 23.2. The van der Waals surface area contributed by atoms with Crippen LogP contribution in [0.15, 0.2) is 42.5 Å². The second kappa shape index (κ2) is 17.6. The third-order valence-electron chi connectivity index (χ3n) is 5.51. The second-order valence-electron chi connectivity index (χ2n) is 8.33. The normalized spacial score (nSPS) is 11.6. The van der Waals surface area contributed by atoms with Crippen LogP contribution in [-0.2, 0) is 27.5 Å². The Balaban J connectivity index is 1.63. The van der Waals surface area contributed by atoms with Crippen molar-refractivity contribution in [1.82, 2.24) is 5.32 Å². The predicted molar refractivity (Wildman–Crippen MR) is 149 cm³/mol. The summed E-state index contributed by atoms with van der Waals surface area (Å²) < 4.78 is 33.2. The fourth-order valence-electron chi connectivity index (χ4n) is 3.77. The summed E-state index contributed by atoms with van der Waals surface area (Å²) >= 11 is 0. The first kappa shape index (κ1) is 31.3. The number of alkyl carbamates (subject to hydrolysis) is 1. The molecule has 2 aromatic rings. The molecule has 0 saturated heterocycles. The van der Waals surface area contributed by atoms with Gasteiger partial charge in [0.15, 0.2) is 0 Å². The highest BCUT2D eigenvalue weighted by Gasteiger charge is 2.39. The van der Waals surface area contributed by atoms with Crippen molar-refractivity contribution in [3.05, 3.63) is 48.0 Å². The molecule has 0 aliphatic heterocycles. The summed E-state index contributed by atoms with van der Waals surface area (Å²) in [5.41, 5.74) is 0.914. The monoisotopic (exact) mass is 547 g/mol. The molecule has 2 aromatic carbocycles. The molecular weight excluding hydrogens is 506 g/mol. The predicted octanol–water partition coefficient (Wildman–Crippen LogP) is 5.35. The van der Waals surface area contributed by atoms with Crippen LogP contribution in [0.2, 0.25) is 6.04 Å². The second-order valence-corrected chi connectivity index (χ2v) is 11.1. The third-order valence-corrected chi connectivity index (χ3v) is 8.66. The summed E-state index contributed by atoms with van der Waals surface area (Å²) in [5, 5.41) is 4.86. The molecule has 210 valence electrons. The van der Waals surface area contributed by atoms with Crippen LogP contribution in [0.3, 0.4) is 0 Å². The van der Waals surface area contributed by atoms with Gasteiger partial charge in [-0.25, -0.2) is 9.59 Å². The van der Waals surface area contributed by atoms with Gasteiger partial charge in [0.25, 0.3) is 0 Å². The fraction of sp³-hybridized carbons (Fsp3) is 0.500. The molecule has 10 heteroatoms. The first-order valence-electron chi connectivity index (χ1n) is 13.2. The minimum absolute atomic E-state index is 0.324. The van der Waals surface area contributed by atoms with Crippen molar-refractivity contribution >= 4 is 37.7 Å². The maximum absolute atomic E-state index is 12.0. The van der Waals surface area contributed by atoms with Crippen molar-refractivity contribution in [2.75, 3.05) is 46.7 Å². The number of unbranched alkanes of at least 4 members (excludes halogenated alkanes) is 1. The molecule has 0 aromatic heterocycles. The van der Waals surface area contributed by atoms with E-state index in [0.717, 1.165) is 28.5 Å². The molecule has 0 heterocycles. The van der Waals surface area contributed by atoms with Gasteiger partial charge in [0.05, 0.1) is 20.3 Å². The van der Waals surface area contributed by atoms with Crippen LogP contribution in [0, 0.1) is 0 Å². The van der Waals surface area contributed by atoms with Gasteiger partial charge < -0.3 is 32.8 Å². The van der Waals surface area contributed by atoms with E-state index in [9.17, 15) is 9.59 Å². The average Bonchev–Trinajstić information content (AvgIpc) is 2.92. The minimum Gasteiger partial charge on any atom is -0.494 e. The van der Waals surface area contributed by atoms with Gasteiger partial charge in [-0.05, 0) is 80.6 Å². The Bertz CT molecular complexity index is 1010. The summed E-state index contributed by atoms with van der Waals surface area (Å²) in [5.74, 6) is 0.390. The van der Waals surface area contributed by atoms with Crippen LogP contribution in [-0.4, -0.2) is 67.6 Å². The zero-order valence-corrected chi connectivity index (χ0v) is 24.0. The van der Waals surface area contributed by atoms with Gasteiger partial charge in [0, 0.05) is 38.5 Å². The van der Waals surface area contributed by atoms with E-state index < -0.39 is 14.9 Å². The van der Waals surface area contributed by atoms with Gasteiger partial charge >= 0.3 is 20.9 Å². The number of hydrogen-bond donors (Lipinski definition) is 1. The molecule has 0 spiro atoms. The van der Waals surface area contributed by atoms with Gasteiger partial charge in [-0.1, -0.05) is 18.2 Å². The highest BCUT2D eigenvalue weighted by Crippen LogP contribution is 2.23. The lowest BCUT2D eigenvalue weighted by atomic mass is 10.1. The number of methoxy groups -OCH3 is 1. The van der Waals surface area contributed by atoms with Gasteiger partial charge in [0.2, 0.25) is 0 Å². The van der Waals surface area contributed by atoms with Gasteiger partial charge in [-0.3, -0.25) is 0 Å². The lowest BCUT2D eigenvalue weighted by molar-refractivity contribution is -0.134. The Morgan fingerprint density at radius 2 is 1.53 bits per heavy atom. The summed E-state index contributed by atoms with van der Waals surface area (Å²) in [6.07, 6.45) is 4.83. The van der Waals surface area contributed by atoms with Gasteiger partial charge in [-0.2, -0.15) is 0 Å². The Morgan fingerprint density at radius 3 is 2.21 bits per heavy atom. The highest BCUT2D eigenvalue weighted by atomic mass is 28.4. The maximum Gasteiger partial charge on any atom is 0.500 e. The van der Waals surface area contributed by atoms with E-state index in [1.807, 2.05) is 57.2 Å². The number of rotatable bonds is 18. The van der Waals surface area contributed by atoms with E-state index in [1.165, 1.54) is 13.2 Å². The van der Waals surface area contributed by atoms with Crippen LogP contribution in [0.25, 0.3) is 16.8 Å². The van der Waals surface area contributed by atoms with Gasteiger partial charge in [-0.15, -0.1) is 0 Å². The molecule has 9 nitrogen and oxygen atoms in total. The van der Waals surface area contributed by atoms with Crippen molar-refractivity contribution in [2.45, 2.75) is 46.1 Å². The highest BCUT2D eigenvalue weighted by molar-refractivity contribution is 6.60. The summed E-state index contributed by atoms with van der Waals surface area (Å²) in [6, 6.07) is 12.4. The average molecular weight is 548 g/mol. The Hall–Kier alpha value is -2.92. The molecule has 0 saturated carbocycles. The Kier molecular flexibility index (Phi) is 14.5. The first-order valence-corrected chi connectivity index (χ1v) is 15.1. The van der Waals surface area contributed by atoms with Gasteiger partial charge in [0.1, 0.15) is 5.75 Å². The summed E-state index contributed by atoms with van der Waals surface area (Å²) in [7, 11) is -1.34. The summed E-state index contributed by atoms with van der Waals surface area (Å²) in [6.45, 7) is 8.68. The standard InChI is InChI=1S/C28H41NO8Si/c1-5-35-38(36-6-2,37-7-3)20-10-17-29-28(31)34-19-9-8-18-33-26-15-14-24-21-23(11-13-25(24)22-26)12-16-27(30)32-4/h11-16,21-22H,5-10,17-20H2,1-4H3,(H,29,31). The molecule has 2 rings (SSSR count). The van der Waals surface area contributed by atoms with Crippen LogP contribution in [0.4, 0.5) is 4.79 Å². The van der Waals surface area contributed by atoms with Crippen LogP contribution in [0.5, 0.6) is 5.75 Å².